The van der Waals surface area contributed by atoms with Crippen molar-refractivity contribution in [3.05, 3.63) is 268 Å². The molecule has 0 bridgehead atoms. The van der Waals surface area contributed by atoms with Crippen molar-refractivity contribution in [2.45, 2.75) is 76.2 Å². The second-order valence-electron chi connectivity index (χ2n) is 19.2. The number of halogens is 1. The van der Waals surface area contributed by atoms with Crippen molar-refractivity contribution in [3.63, 3.8) is 0 Å². The predicted octanol–water partition coefficient (Wildman–Crippen LogP) is 8.14. The van der Waals surface area contributed by atoms with Gasteiger partial charge in [-0.25, -0.2) is 18.6 Å². The fourth-order valence-corrected chi connectivity index (χ4v) is 15.5. The van der Waals surface area contributed by atoms with Crippen LogP contribution in [0.3, 0.4) is 0 Å². The number of carbonyl (C=O) groups excluding carboxylic acids is 1. The molecule has 9 aromatic carbocycles. The molecule has 0 saturated carbocycles. The molecule has 0 N–H and O–H groups in total. The molecule has 0 saturated heterocycles. The van der Waals surface area contributed by atoms with Crippen LogP contribution in [0.5, 0.6) is 0 Å². The van der Waals surface area contributed by atoms with E-state index in [-0.39, 0.29) is 28.2 Å². The fourth-order valence-electron chi connectivity index (χ4n) is 7.98. The van der Waals surface area contributed by atoms with E-state index in [1.54, 1.807) is 0 Å². The zero-order chi connectivity index (χ0) is 54.7. The Balaban J connectivity index is 0.000000226. The molecule has 0 unspecified atom stereocenters. The summed E-state index contributed by atoms with van der Waals surface area (Å²) in [4.78, 5) is 9.44. The summed E-state index contributed by atoms with van der Waals surface area (Å²) in [6.45, 7) is 22.4. The molecule has 0 atom stereocenters. The predicted molar refractivity (Wildman–Crippen MR) is 319 cm³/mol. The maximum atomic E-state index is 9.44. The van der Waals surface area contributed by atoms with Crippen molar-refractivity contribution < 1.29 is 56.1 Å². The van der Waals surface area contributed by atoms with Crippen molar-refractivity contribution in [2.24, 2.45) is 0 Å². The molecule has 0 aliphatic rings. The second-order valence-corrected chi connectivity index (χ2v) is 27.4. The summed E-state index contributed by atoms with van der Waals surface area (Å²) in [5, 5.41) is 13.0. The average Bonchev–Trinajstić information content (AvgIpc) is 3.37. The summed E-state index contributed by atoms with van der Waals surface area (Å²) in [5.74, 6) is 0.167. The first-order valence-corrected chi connectivity index (χ1v) is 30.7. The number of aryl methyl sites for hydroxylation is 9. The number of hydrogen-bond donors (Lipinski definition) is 0. The first-order chi connectivity index (χ1) is 35.6. The molecule has 0 spiro atoms. The molecule has 5 nitrogen and oxygen atoms in total. The van der Waals surface area contributed by atoms with Gasteiger partial charge >= 0.3 is 22.4 Å². The van der Waals surface area contributed by atoms with Gasteiger partial charge in [0.2, 0.25) is 0 Å². The Hall–Kier alpha value is -5.19. The minimum Gasteiger partial charge on any atom is -0.300 e. The van der Waals surface area contributed by atoms with E-state index in [4.69, 9.17) is 18.6 Å². The normalized spacial score (nSPS) is 10.6. The average molecular weight is 1180 g/mol. The van der Waals surface area contributed by atoms with Crippen LogP contribution in [0.15, 0.2) is 218 Å². The summed E-state index contributed by atoms with van der Waals surface area (Å²) in [6, 6.07) is 81.4. The Labute approximate surface area is 474 Å². The van der Waals surface area contributed by atoms with Crippen molar-refractivity contribution in [1.29, 1.82) is 0 Å². The minimum atomic E-state index is -4.94. The Bertz CT molecular complexity index is 2450. The van der Waals surface area contributed by atoms with E-state index >= 15 is 0 Å². The molecular weight excluding hydrogens is 1110 g/mol. The molecule has 0 aromatic heterocycles. The number of carbonyl (C=O) groups is 1. The van der Waals surface area contributed by atoms with Crippen LogP contribution in [0.25, 0.3) is 0 Å². The van der Waals surface area contributed by atoms with E-state index in [0.29, 0.717) is 0 Å². The first kappa shape index (κ1) is 63.3. The third kappa shape index (κ3) is 21.7. The van der Waals surface area contributed by atoms with E-state index in [0.717, 1.165) is 0 Å². The van der Waals surface area contributed by atoms with Crippen molar-refractivity contribution in [3.8, 4) is 0 Å². The fraction of sp³-hybridized carbons (Fsp3) is 0.167. The van der Waals surface area contributed by atoms with Gasteiger partial charge in [-0.2, -0.15) is 0 Å². The van der Waals surface area contributed by atoms with Gasteiger partial charge in [-0.3, -0.25) is 0 Å². The monoisotopic (exact) mass is 1180 g/mol. The van der Waals surface area contributed by atoms with Crippen LogP contribution in [-0.4, -0.2) is 5.78 Å². The number of benzene rings is 9. The van der Waals surface area contributed by atoms with Crippen molar-refractivity contribution >= 4 is 77.3 Å². The summed E-state index contributed by atoms with van der Waals surface area (Å²) in [7, 11) is -7.72. The largest absolute Gasteiger partial charge is 1.00 e. The molecule has 0 amide bonds. The van der Waals surface area contributed by atoms with Gasteiger partial charge in [0.1, 0.15) is 53.5 Å². The van der Waals surface area contributed by atoms with Crippen LogP contribution in [0.1, 0.15) is 63.9 Å². The van der Waals surface area contributed by atoms with Crippen LogP contribution in [0.2, 0.25) is 0 Å². The standard InChI is InChI=1S/3C21H21P.C3H6O.Ag.ClHO4/c3*1-16-4-10-19(11-5-16)22(20-12-6-17(2)7-13-20)21-14-8-18(3)9-15-21;1-3(2)4;;2-1(3,4)5/h3*4-15H,1-3H3;1-2H3;;(H,2,3,4,5)/q;;;;+1;/p+2. The van der Waals surface area contributed by atoms with Gasteiger partial charge in [0, 0.05) is 0 Å². The Kier molecular flexibility index (Phi) is 26.1. The van der Waals surface area contributed by atoms with Crippen LogP contribution < -0.4 is 66.4 Å². The Morgan fingerprint density at radius 1 is 0.250 bits per heavy atom. The number of rotatable bonds is 9. The summed E-state index contributed by atoms with van der Waals surface area (Å²) in [6.07, 6.45) is 0. The molecule has 9 rings (SSSR count). The zero-order valence-corrected chi connectivity index (χ0v) is 50.7. The summed E-state index contributed by atoms with van der Waals surface area (Å²) >= 11 is 0. The van der Waals surface area contributed by atoms with E-state index in [9.17, 15) is 4.79 Å². The molecule has 0 aliphatic carbocycles. The summed E-state index contributed by atoms with van der Waals surface area (Å²) in [5.41, 5.74) is 11.9. The van der Waals surface area contributed by atoms with Crippen LogP contribution in [-0.2, 0) is 27.2 Å². The van der Waals surface area contributed by atoms with E-state index in [1.807, 2.05) is 0 Å². The van der Waals surface area contributed by atoms with Crippen LogP contribution >= 0.6 is 23.8 Å². The van der Waals surface area contributed by atoms with E-state index in [2.05, 4.69) is 281 Å². The quantitative estimate of drug-likeness (QED) is 0.107. The topological polar surface area (TPSA) is 109 Å². The molecular formula is C66H72AgClO5P3+3. The van der Waals surface area contributed by atoms with Crippen LogP contribution in [0.4, 0.5) is 0 Å². The van der Waals surface area contributed by atoms with Gasteiger partial charge in [-0.1, -0.05) is 159 Å². The third-order valence-electron chi connectivity index (χ3n) is 12.1. The molecule has 0 aliphatic heterocycles. The first-order valence-electron chi connectivity index (χ1n) is 25.0. The van der Waals surface area contributed by atoms with Crippen molar-refractivity contribution in [1.82, 2.24) is 0 Å². The smallest absolute Gasteiger partial charge is 0.300 e. The summed E-state index contributed by atoms with van der Waals surface area (Å²) < 4.78 is 34.0. The maximum absolute atomic E-state index is 9.44. The molecule has 10 heteroatoms. The second kappa shape index (κ2) is 31.3. The van der Waals surface area contributed by atoms with Gasteiger partial charge in [0.25, 0.3) is 0 Å². The molecule has 0 heterocycles. The number of ketones is 1. The van der Waals surface area contributed by atoms with E-state index < -0.39 is 34.0 Å². The van der Waals surface area contributed by atoms with Crippen LogP contribution in [0, 0.1) is 72.6 Å². The minimum absolute atomic E-state index is 0. The van der Waals surface area contributed by atoms with Gasteiger partial charge in [-0.15, -0.1) is 10.2 Å². The number of hydrogen-bond acceptors (Lipinski definition) is 5. The van der Waals surface area contributed by atoms with Gasteiger partial charge in [0.05, 0.1) is 23.8 Å². The van der Waals surface area contributed by atoms with Gasteiger partial charge in [-0.05, 0) is 185 Å². The molecule has 0 radical (unpaired) electrons. The van der Waals surface area contributed by atoms with Gasteiger partial charge in [0.15, 0.2) is 0 Å². The van der Waals surface area contributed by atoms with E-state index in [1.165, 1.54) is 112 Å². The molecule has 76 heavy (non-hydrogen) atoms. The molecule has 0 fully saturated rings. The van der Waals surface area contributed by atoms with Gasteiger partial charge < -0.3 is 4.79 Å². The third-order valence-corrected chi connectivity index (χ3v) is 20.3. The van der Waals surface area contributed by atoms with Crippen molar-refractivity contribution in [2.75, 3.05) is 0 Å². The zero-order valence-electron chi connectivity index (χ0n) is 45.5. The maximum Gasteiger partial charge on any atom is 1.00 e. The SMILES string of the molecule is CC(C)=O.Cc1ccc([PH+](c2ccc(C)cc2)c2ccc(C)cc2)cc1.Cc1ccc([PH+](c2ccc(C)cc2)c2ccc(C)cc2)cc1.Cc1ccc([PH+](c2ccc(C)cc2)c2ccc(C)cc2)cc1.[Ag+].[O-][Cl+3]([O-])([O-])[O-]. The Morgan fingerprint density at radius 2 is 0.316 bits per heavy atom. The Morgan fingerprint density at radius 3 is 0.382 bits per heavy atom. The number of Topliss-reactive ketones (excluding diaryl/α,β-unsaturated/α-hetero) is 1. The molecule has 9 aromatic rings. The molecule has 396 valence electrons.